The van der Waals surface area contributed by atoms with Crippen molar-refractivity contribution in [1.82, 2.24) is 10.4 Å². The van der Waals surface area contributed by atoms with Crippen LogP contribution in [-0.2, 0) is 0 Å². The fourth-order valence-corrected chi connectivity index (χ4v) is 5.30. The predicted octanol–water partition coefficient (Wildman–Crippen LogP) is 2.93. The molecule has 0 aliphatic heterocycles. The van der Waals surface area contributed by atoms with Crippen LogP contribution < -0.4 is 21.3 Å². The third-order valence-electron chi connectivity index (χ3n) is 4.11. The summed E-state index contributed by atoms with van der Waals surface area (Å²) in [5, 5.41) is 6.00. The Morgan fingerprint density at radius 2 is 1.37 bits per heavy atom. The van der Waals surface area contributed by atoms with Crippen LogP contribution in [0.15, 0.2) is 89.9 Å². The Bertz CT molecular complexity index is 808. The summed E-state index contributed by atoms with van der Waals surface area (Å²) < 4.78 is 0. The van der Waals surface area contributed by atoms with Crippen LogP contribution >= 0.6 is 7.92 Å². The first-order valence-corrected chi connectivity index (χ1v) is 10.5. The van der Waals surface area contributed by atoms with Gasteiger partial charge >= 0.3 is 0 Å². The minimum absolute atomic E-state index is 0.617. The molecular weight excluding hydrogens is 349 g/mol. The number of hydrogen-bond acceptors (Lipinski definition) is 3. The molecule has 0 aliphatic rings. The second kappa shape index (κ2) is 10.1. The second-order valence-corrected chi connectivity index (χ2v) is 8.59. The number of hydrazine groups is 1. The van der Waals surface area contributed by atoms with E-state index < -0.39 is 7.92 Å². The maximum absolute atomic E-state index is 4.64. The Labute approximate surface area is 163 Å². The van der Waals surface area contributed by atoms with Gasteiger partial charge in [0.2, 0.25) is 0 Å². The van der Waals surface area contributed by atoms with Gasteiger partial charge in [0, 0.05) is 32.4 Å². The van der Waals surface area contributed by atoms with E-state index in [4.69, 9.17) is 0 Å². The summed E-state index contributed by atoms with van der Waals surface area (Å²) in [6.45, 7) is 1.58. The van der Waals surface area contributed by atoms with Gasteiger partial charge in [-0.3, -0.25) is 15.4 Å². The first-order chi connectivity index (χ1) is 13.3. The SMILES string of the molecule is CN(C)NCCN=Cc1ccccc1P(c1ccccc1)c1ccccc1. The molecule has 0 saturated carbocycles. The molecule has 0 unspecified atom stereocenters. The minimum Gasteiger partial charge on any atom is -0.291 e. The van der Waals surface area contributed by atoms with E-state index in [1.54, 1.807) is 0 Å². The molecule has 0 heterocycles. The molecule has 27 heavy (non-hydrogen) atoms. The van der Waals surface area contributed by atoms with Crippen molar-refractivity contribution in [2.75, 3.05) is 27.2 Å². The normalized spacial score (nSPS) is 11.6. The Morgan fingerprint density at radius 1 is 0.815 bits per heavy atom. The van der Waals surface area contributed by atoms with Crippen LogP contribution in [0.4, 0.5) is 0 Å². The van der Waals surface area contributed by atoms with Gasteiger partial charge in [-0.25, -0.2) is 0 Å². The van der Waals surface area contributed by atoms with Crippen molar-refractivity contribution < 1.29 is 0 Å². The maximum Gasteiger partial charge on any atom is 0.0528 e. The zero-order chi connectivity index (χ0) is 18.9. The molecule has 1 N–H and O–H groups in total. The molecule has 3 nitrogen and oxygen atoms in total. The first-order valence-electron chi connectivity index (χ1n) is 9.15. The molecule has 0 aromatic heterocycles. The average Bonchev–Trinajstić information content (AvgIpc) is 2.70. The Morgan fingerprint density at radius 3 is 1.96 bits per heavy atom. The lowest BCUT2D eigenvalue weighted by molar-refractivity contribution is 0.295. The summed E-state index contributed by atoms with van der Waals surface area (Å²) in [7, 11) is 3.37. The highest BCUT2D eigenvalue weighted by atomic mass is 31.1. The Balaban J connectivity index is 1.93. The second-order valence-electron chi connectivity index (χ2n) is 6.40. The predicted molar refractivity (Wildman–Crippen MR) is 119 cm³/mol. The van der Waals surface area contributed by atoms with Crippen molar-refractivity contribution >= 4 is 30.0 Å². The molecular formula is C23H26N3P. The van der Waals surface area contributed by atoms with Crippen molar-refractivity contribution in [2.24, 2.45) is 4.99 Å². The highest BCUT2D eigenvalue weighted by Crippen LogP contribution is 2.33. The first kappa shape index (κ1) is 19.4. The van der Waals surface area contributed by atoms with Crippen LogP contribution in [0, 0.1) is 0 Å². The van der Waals surface area contributed by atoms with Gasteiger partial charge in [0.1, 0.15) is 0 Å². The monoisotopic (exact) mass is 375 g/mol. The van der Waals surface area contributed by atoms with Crippen LogP contribution in [0.25, 0.3) is 0 Å². The maximum atomic E-state index is 4.64. The van der Waals surface area contributed by atoms with Crippen molar-refractivity contribution in [2.45, 2.75) is 0 Å². The Kier molecular flexibility index (Phi) is 7.29. The minimum atomic E-state index is -0.617. The van der Waals surface area contributed by atoms with E-state index in [0.717, 1.165) is 13.1 Å². The lowest BCUT2D eigenvalue weighted by Crippen LogP contribution is -2.32. The molecule has 3 rings (SSSR count). The number of nitrogens with zero attached hydrogens (tertiary/aromatic N) is 2. The summed E-state index contributed by atoms with van der Waals surface area (Å²) in [6, 6.07) is 30.2. The number of nitrogens with one attached hydrogen (secondary N) is 1. The van der Waals surface area contributed by atoms with E-state index in [1.165, 1.54) is 21.5 Å². The summed E-state index contributed by atoms with van der Waals surface area (Å²) in [5.74, 6) is 0. The highest BCUT2D eigenvalue weighted by Gasteiger charge is 2.18. The fraction of sp³-hybridized carbons (Fsp3) is 0.174. The largest absolute Gasteiger partial charge is 0.291 e. The molecule has 0 amide bonds. The number of rotatable bonds is 8. The molecule has 0 spiro atoms. The number of aliphatic imine (C=N–C) groups is 1. The zero-order valence-electron chi connectivity index (χ0n) is 15.9. The molecule has 0 saturated heterocycles. The lowest BCUT2D eigenvalue weighted by Gasteiger charge is -2.21. The quantitative estimate of drug-likeness (QED) is 0.284. The van der Waals surface area contributed by atoms with Crippen LogP contribution in [0.2, 0.25) is 0 Å². The van der Waals surface area contributed by atoms with Crippen LogP contribution in [0.3, 0.4) is 0 Å². The van der Waals surface area contributed by atoms with E-state index >= 15 is 0 Å². The summed E-state index contributed by atoms with van der Waals surface area (Å²) >= 11 is 0. The summed E-state index contributed by atoms with van der Waals surface area (Å²) in [5.41, 5.74) is 4.44. The van der Waals surface area contributed by atoms with Gasteiger partial charge in [0.15, 0.2) is 0 Å². The van der Waals surface area contributed by atoms with Gasteiger partial charge in [-0.2, -0.15) is 0 Å². The molecule has 0 fully saturated rings. The Hall–Kier alpha value is -2.32. The van der Waals surface area contributed by atoms with Crippen molar-refractivity contribution in [3.63, 3.8) is 0 Å². The molecule has 4 heteroatoms. The van der Waals surface area contributed by atoms with Crippen LogP contribution in [0.1, 0.15) is 5.56 Å². The zero-order valence-corrected chi connectivity index (χ0v) is 16.8. The van der Waals surface area contributed by atoms with Gasteiger partial charge in [-0.15, -0.1) is 0 Å². The molecule has 0 aliphatic carbocycles. The van der Waals surface area contributed by atoms with Gasteiger partial charge < -0.3 is 0 Å². The summed E-state index contributed by atoms with van der Waals surface area (Å²) in [4.78, 5) is 4.64. The highest BCUT2D eigenvalue weighted by molar-refractivity contribution is 7.80. The molecule has 0 radical (unpaired) electrons. The van der Waals surface area contributed by atoms with E-state index in [0.29, 0.717) is 0 Å². The topological polar surface area (TPSA) is 27.6 Å². The van der Waals surface area contributed by atoms with E-state index in [1.807, 2.05) is 25.3 Å². The molecule has 0 bridgehead atoms. The van der Waals surface area contributed by atoms with Gasteiger partial charge in [-0.05, 0) is 23.8 Å². The summed E-state index contributed by atoms with van der Waals surface area (Å²) in [6.07, 6.45) is 2.02. The van der Waals surface area contributed by atoms with Gasteiger partial charge in [0.05, 0.1) is 6.54 Å². The number of benzene rings is 3. The molecule has 138 valence electrons. The van der Waals surface area contributed by atoms with Crippen molar-refractivity contribution in [3.05, 3.63) is 90.5 Å². The third-order valence-corrected chi connectivity index (χ3v) is 6.62. The van der Waals surface area contributed by atoms with E-state index in [2.05, 4.69) is 95.3 Å². The van der Waals surface area contributed by atoms with E-state index in [-0.39, 0.29) is 0 Å². The average molecular weight is 375 g/mol. The van der Waals surface area contributed by atoms with Crippen LogP contribution in [0.5, 0.6) is 0 Å². The van der Waals surface area contributed by atoms with E-state index in [9.17, 15) is 0 Å². The van der Waals surface area contributed by atoms with Crippen molar-refractivity contribution in [3.8, 4) is 0 Å². The van der Waals surface area contributed by atoms with Gasteiger partial charge in [0.25, 0.3) is 0 Å². The van der Waals surface area contributed by atoms with Crippen LogP contribution in [-0.4, -0.2) is 38.4 Å². The molecule has 0 atom stereocenters. The fourth-order valence-electron chi connectivity index (χ4n) is 2.88. The third kappa shape index (κ3) is 5.58. The standard InChI is InChI=1S/C23H26N3P/c1-26(2)25-18-17-24-19-20-11-9-10-16-23(20)27(21-12-5-3-6-13-21)22-14-7-4-8-15-22/h3-16,19,25H,17-18H2,1-2H3. The lowest BCUT2D eigenvalue weighted by atomic mass is 10.2. The van der Waals surface area contributed by atoms with Gasteiger partial charge in [-0.1, -0.05) is 84.9 Å². The molecule has 3 aromatic rings. The van der Waals surface area contributed by atoms with Crippen molar-refractivity contribution in [1.29, 1.82) is 0 Å². The smallest absolute Gasteiger partial charge is 0.0528 e. The molecule has 3 aromatic carbocycles. The number of hydrogen-bond donors (Lipinski definition) is 1.